The zero-order chi connectivity index (χ0) is 18.2. The van der Waals surface area contributed by atoms with Crippen molar-refractivity contribution in [1.29, 1.82) is 0 Å². The molecule has 25 heavy (non-hydrogen) atoms. The SMILES string of the molecule is CCCCCC(C)NC(=O)c1ccccc1OCc1c(C)noc1C. The van der Waals surface area contributed by atoms with Gasteiger partial charge in [-0.05, 0) is 39.3 Å². The molecule has 1 amide bonds. The van der Waals surface area contributed by atoms with Crippen molar-refractivity contribution in [2.45, 2.75) is 66.0 Å². The highest BCUT2D eigenvalue weighted by atomic mass is 16.5. The second-order valence-electron chi connectivity index (χ2n) is 6.46. The standard InChI is InChI=1S/C20H28N2O3/c1-5-6-7-10-14(2)21-20(23)17-11-8-9-12-19(17)24-13-18-15(3)22-25-16(18)4/h8-9,11-12,14H,5-7,10,13H2,1-4H3,(H,21,23). The minimum Gasteiger partial charge on any atom is -0.488 e. The van der Waals surface area contributed by atoms with Crippen molar-refractivity contribution in [3.63, 3.8) is 0 Å². The quantitative estimate of drug-likeness (QED) is 0.677. The number of unbranched alkanes of at least 4 members (excludes halogenated alkanes) is 2. The average Bonchev–Trinajstić information content (AvgIpc) is 2.91. The van der Waals surface area contributed by atoms with E-state index in [1.54, 1.807) is 6.07 Å². The molecule has 0 bridgehead atoms. The molecule has 0 aliphatic rings. The normalized spacial score (nSPS) is 12.0. The van der Waals surface area contributed by atoms with Crippen LogP contribution in [-0.2, 0) is 6.61 Å². The lowest BCUT2D eigenvalue weighted by molar-refractivity contribution is 0.0933. The summed E-state index contributed by atoms with van der Waals surface area (Å²) in [6.45, 7) is 8.29. The molecule has 1 unspecified atom stereocenters. The van der Waals surface area contributed by atoms with Crippen LogP contribution in [0.2, 0.25) is 0 Å². The van der Waals surface area contributed by atoms with Gasteiger partial charge in [-0.25, -0.2) is 0 Å². The van der Waals surface area contributed by atoms with Crippen molar-refractivity contribution in [3.8, 4) is 5.75 Å². The predicted molar refractivity (Wildman–Crippen MR) is 97.8 cm³/mol. The van der Waals surface area contributed by atoms with Crippen molar-refractivity contribution in [1.82, 2.24) is 10.5 Å². The van der Waals surface area contributed by atoms with Crippen molar-refractivity contribution in [2.75, 3.05) is 0 Å². The molecule has 1 aromatic carbocycles. The molecule has 2 rings (SSSR count). The van der Waals surface area contributed by atoms with Gasteiger partial charge in [-0.15, -0.1) is 0 Å². The number of carbonyl (C=O) groups excluding carboxylic acids is 1. The lowest BCUT2D eigenvalue weighted by Crippen LogP contribution is -2.32. The lowest BCUT2D eigenvalue weighted by atomic mass is 10.1. The van der Waals surface area contributed by atoms with Crippen LogP contribution in [0.4, 0.5) is 0 Å². The third-order valence-corrected chi connectivity index (χ3v) is 4.30. The summed E-state index contributed by atoms with van der Waals surface area (Å²) >= 11 is 0. The zero-order valence-corrected chi connectivity index (χ0v) is 15.6. The van der Waals surface area contributed by atoms with Gasteiger partial charge in [-0.2, -0.15) is 0 Å². The molecule has 0 radical (unpaired) electrons. The predicted octanol–water partition coefficient (Wildman–Crippen LogP) is 4.57. The van der Waals surface area contributed by atoms with E-state index in [1.807, 2.05) is 39.0 Å². The average molecular weight is 344 g/mol. The Balaban J connectivity index is 2.00. The van der Waals surface area contributed by atoms with Gasteiger partial charge < -0.3 is 14.6 Å². The molecule has 1 heterocycles. The van der Waals surface area contributed by atoms with Crippen LogP contribution >= 0.6 is 0 Å². The van der Waals surface area contributed by atoms with Crippen LogP contribution in [-0.4, -0.2) is 17.1 Å². The Hall–Kier alpha value is -2.30. The van der Waals surface area contributed by atoms with Gasteiger partial charge in [0.2, 0.25) is 0 Å². The van der Waals surface area contributed by atoms with E-state index in [-0.39, 0.29) is 11.9 Å². The number of amides is 1. The van der Waals surface area contributed by atoms with E-state index in [9.17, 15) is 4.79 Å². The fraction of sp³-hybridized carbons (Fsp3) is 0.500. The van der Waals surface area contributed by atoms with Crippen LogP contribution < -0.4 is 10.1 Å². The second-order valence-corrected chi connectivity index (χ2v) is 6.46. The summed E-state index contributed by atoms with van der Waals surface area (Å²) < 4.78 is 11.0. The minimum absolute atomic E-state index is 0.0987. The molecule has 0 spiro atoms. The molecule has 0 saturated carbocycles. The molecule has 1 N–H and O–H groups in total. The molecule has 5 heteroatoms. The molecule has 1 aromatic heterocycles. The van der Waals surface area contributed by atoms with E-state index in [0.717, 1.165) is 29.9 Å². The Morgan fingerprint density at radius 1 is 1.28 bits per heavy atom. The van der Waals surface area contributed by atoms with Crippen LogP contribution in [0.25, 0.3) is 0 Å². The van der Waals surface area contributed by atoms with Crippen LogP contribution in [0.15, 0.2) is 28.8 Å². The van der Waals surface area contributed by atoms with E-state index in [0.29, 0.717) is 17.9 Å². The molecule has 0 aliphatic carbocycles. The van der Waals surface area contributed by atoms with Crippen molar-refractivity contribution in [2.24, 2.45) is 0 Å². The first-order chi connectivity index (χ1) is 12.0. The number of aryl methyl sites for hydroxylation is 2. The molecule has 0 saturated heterocycles. The van der Waals surface area contributed by atoms with Gasteiger partial charge in [0, 0.05) is 6.04 Å². The topological polar surface area (TPSA) is 64.4 Å². The van der Waals surface area contributed by atoms with Crippen molar-refractivity contribution in [3.05, 3.63) is 46.8 Å². The van der Waals surface area contributed by atoms with Gasteiger partial charge in [0.05, 0.1) is 16.8 Å². The van der Waals surface area contributed by atoms with Crippen LogP contribution in [0.1, 0.15) is 66.9 Å². The Bertz CT molecular complexity index is 674. The Labute approximate surface area is 149 Å². The number of nitrogens with zero attached hydrogens (tertiary/aromatic N) is 1. The number of nitrogens with one attached hydrogen (secondary N) is 1. The number of para-hydroxylation sites is 1. The summed E-state index contributed by atoms with van der Waals surface area (Å²) in [5, 5.41) is 6.99. The molecule has 0 aliphatic heterocycles. The maximum absolute atomic E-state index is 12.6. The number of rotatable bonds is 9. The van der Waals surface area contributed by atoms with E-state index >= 15 is 0 Å². The maximum atomic E-state index is 12.6. The summed E-state index contributed by atoms with van der Waals surface area (Å²) in [6, 6.07) is 7.46. The fourth-order valence-electron chi connectivity index (χ4n) is 2.71. The van der Waals surface area contributed by atoms with Crippen molar-refractivity contribution >= 4 is 5.91 Å². The number of aromatic nitrogens is 1. The smallest absolute Gasteiger partial charge is 0.255 e. The van der Waals surface area contributed by atoms with Crippen molar-refractivity contribution < 1.29 is 14.1 Å². The first-order valence-electron chi connectivity index (χ1n) is 8.97. The van der Waals surface area contributed by atoms with Crippen LogP contribution in [0.5, 0.6) is 5.75 Å². The fourth-order valence-corrected chi connectivity index (χ4v) is 2.71. The number of hydrogen-bond acceptors (Lipinski definition) is 4. The molecule has 1 atom stereocenters. The number of carbonyl (C=O) groups is 1. The summed E-state index contributed by atoms with van der Waals surface area (Å²) in [4.78, 5) is 12.6. The highest BCUT2D eigenvalue weighted by Gasteiger charge is 2.16. The first kappa shape index (κ1) is 19.0. The molecule has 136 valence electrons. The number of ether oxygens (including phenoxy) is 1. The Kier molecular flexibility index (Phi) is 7.04. The molecule has 5 nitrogen and oxygen atoms in total. The largest absolute Gasteiger partial charge is 0.488 e. The number of benzene rings is 1. The lowest BCUT2D eigenvalue weighted by Gasteiger charge is -2.16. The van der Waals surface area contributed by atoms with Crippen LogP contribution in [0.3, 0.4) is 0 Å². The van der Waals surface area contributed by atoms with Gasteiger partial charge in [0.25, 0.3) is 5.91 Å². The molecule has 2 aromatic rings. The Morgan fingerprint density at radius 2 is 2.04 bits per heavy atom. The van der Waals surface area contributed by atoms with E-state index in [1.165, 1.54) is 12.8 Å². The summed E-state index contributed by atoms with van der Waals surface area (Å²) in [6.07, 6.45) is 4.49. The van der Waals surface area contributed by atoms with Gasteiger partial charge in [-0.1, -0.05) is 43.5 Å². The summed E-state index contributed by atoms with van der Waals surface area (Å²) in [5.41, 5.74) is 2.28. The van der Waals surface area contributed by atoms with Gasteiger partial charge in [-0.3, -0.25) is 4.79 Å². The monoisotopic (exact) mass is 344 g/mol. The summed E-state index contributed by atoms with van der Waals surface area (Å²) in [7, 11) is 0. The Morgan fingerprint density at radius 3 is 2.72 bits per heavy atom. The van der Waals surface area contributed by atoms with Crippen LogP contribution in [0, 0.1) is 13.8 Å². The zero-order valence-electron chi connectivity index (χ0n) is 15.6. The maximum Gasteiger partial charge on any atom is 0.255 e. The number of hydrogen-bond donors (Lipinski definition) is 1. The molecular formula is C20H28N2O3. The minimum atomic E-state index is -0.0987. The van der Waals surface area contributed by atoms with E-state index in [2.05, 4.69) is 17.4 Å². The second kappa shape index (κ2) is 9.25. The first-order valence-corrected chi connectivity index (χ1v) is 8.97. The molecular weight excluding hydrogens is 316 g/mol. The molecule has 0 fully saturated rings. The highest BCUT2D eigenvalue weighted by Crippen LogP contribution is 2.21. The van der Waals surface area contributed by atoms with E-state index < -0.39 is 0 Å². The third-order valence-electron chi connectivity index (χ3n) is 4.30. The van der Waals surface area contributed by atoms with Gasteiger partial charge in [0.1, 0.15) is 18.1 Å². The summed E-state index contributed by atoms with van der Waals surface area (Å²) in [5.74, 6) is 1.21. The van der Waals surface area contributed by atoms with E-state index in [4.69, 9.17) is 9.26 Å². The van der Waals surface area contributed by atoms with Gasteiger partial charge in [0.15, 0.2) is 0 Å². The van der Waals surface area contributed by atoms with Gasteiger partial charge >= 0.3 is 0 Å². The highest BCUT2D eigenvalue weighted by molar-refractivity contribution is 5.97. The third kappa shape index (κ3) is 5.34.